The molecule has 0 bridgehead atoms. The molecule has 0 fully saturated rings. The number of carboxylic acids is 1. The summed E-state index contributed by atoms with van der Waals surface area (Å²) in [7, 11) is 1.56. The smallest absolute Gasteiger partial charge is 0.323 e. The third-order valence-electron chi connectivity index (χ3n) is 7.72. The Kier molecular flexibility index (Phi) is 8.12. The van der Waals surface area contributed by atoms with Crippen LogP contribution in [0.15, 0.2) is 71.6 Å². The third kappa shape index (κ3) is 5.30. The van der Waals surface area contributed by atoms with E-state index >= 15 is 0 Å². The molecular formula is C32H32ClNO6. The van der Waals surface area contributed by atoms with Crippen LogP contribution in [0.3, 0.4) is 0 Å². The normalized spacial score (nSPS) is 17.5. The molecule has 0 unspecified atom stereocenters. The van der Waals surface area contributed by atoms with Crippen molar-refractivity contribution >= 4 is 29.1 Å². The number of ether oxygens (including phenoxy) is 2. The van der Waals surface area contributed by atoms with Crippen molar-refractivity contribution in [2.24, 2.45) is 0 Å². The average Bonchev–Trinajstić information content (AvgIpc) is 2.92. The molecular weight excluding hydrogens is 530 g/mol. The van der Waals surface area contributed by atoms with Gasteiger partial charge in [-0.25, -0.2) is 0 Å². The molecule has 0 aromatic heterocycles. The molecule has 0 atom stereocenters. The number of rotatable bonds is 9. The molecule has 8 heteroatoms. The van der Waals surface area contributed by atoms with E-state index in [0.717, 1.165) is 28.1 Å². The molecule has 208 valence electrons. The van der Waals surface area contributed by atoms with E-state index in [1.54, 1.807) is 24.2 Å². The van der Waals surface area contributed by atoms with E-state index in [1.165, 1.54) is 0 Å². The number of carboxylic acid groups (broad SMARTS) is 1. The van der Waals surface area contributed by atoms with Crippen molar-refractivity contribution in [2.75, 3.05) is 13.7 Å². The molecule has 40 heavy (non-hydrogen) atoms. The van der Waals surface area contributed by atoms with Gasteiger partial charge in [0.2, 0.25) is 0 Å². The SMILES string of the molecule is C=CCc1cc(C2C3=C(CCCC3=O)N(CC(=O)O)C3=C2C(=O)CCC3)cc(OC)c1OCc1cccc(Cl)c1. The van der Waals surface area contributed by atoms with Crippen LogP contribution in [0.2, 0.25) is 5.02 Å². The molecule has 0 spiro atoms. The van der Waals surface area contributed by atoms with Crippen molar-refractivity contribution < 1.29 is 29.0 Å². The predicted octanol–water partition coefficient (Wildman–Crippen LogP) is 6.15. The number of benzene rings is 2. The molecule has 1 aliphatic heterocycles. The Bertz CT molecular complexity index is 1410. The van der Waals surface area contributed by atoms with E-state index < -0.39 is 11.9 Å². The lowest BCUT2D eigenvalue weighted by molar-refractivity contribution is -0.138. The summed E-state index contributed by atoms with van der Waals surface area (Å²) in [6, 6.07) is 11.2. The number of methoxy groups -OCH3 is 1. The van der Waals surface area contributed by atoms with Crippen LogP contribution in [0.25, 0.3) is 0 Å². The van der Waals surface area contributed by atoms with Crippen molar-refractivity contribution in [3.8, 4) is 11.5 Å². The number of allylic oxidation sites excluding steroid dienone is 5. The zero-order valence-corrected chi connectivity index (χ0v) is 23.3. The van der Waals surface area contributed by atoms with Gasteiger partial charge in [0.15, 0.2) is 23.1 Å². The summed E-state index contributed by atoms with van der Waals surface area (Å²) in [6.07, 6.45) is 5.46. The molecule has 5 rings (SSSR count). The lowest BCUT2D eigenvalue weighted by Crippen LogP contribution is -2.41. The topological polar surface area (TPSA) is 93.1 Å². The van der Waals surface area contributed by atoms with Gasteiger partial charge in [0.1, 0.15) is 13.2 Å². The Hall–Kier alpha value is -3.84. The summed E-state index contributed by atoms with van der Waals surface area (Å²) in [5.74, 6) is -0.628. The maximum absolute atomic E-state index is 13.5. The number of nitrogens with zero attached hydrogens (tertiary/aromatic N) is 1. The number of halogens is 1. The number of ketones is 2. The first-order valence-corrected chi connectivity index (χ1v) is 13.9. The quantitative estimate of drug-likeness (QED) is 0.367. The Morgan fingerprint density at radius 2 is 1.75 bits per heavy atom. The summed E-state index contributed by atoms with van der Waals surface area (Å²) >= 11 is 6.15. The molecule has 0 radical (unpaired) electrons. The van der Waals surface area contributed by atoms with Crippen molar-refractivity contribution in [3.05, 3.63) is 93.3 Å². The Morgan fingerprint density at radius 3 is 2.33 bits per heavy atom. The van der Waals surface area contributed by atoms with Gasteiger partial charge in [-0.3, -0.25) is 14.4 Å². The van der Waals surface area contributed by atoms with Gasteiger partial charge >= 0.3 is 5.97 Å². The molecule has 3 aliphatic rings. The minimum atomic E-state index is -0.996. The summed E-state index contributed by atoms with van der Waals surface area (Å²) in [4.78, 5) is 40.6. The van der Waals surface area contributed by atoms with Gasteiger partial charge in [0.25, 0.3) is 0 Å². The van der Waals surface area contributed by atoms with Crippen LogP contribution in [-0.2, 0) is 27.4 Å². The number of hydrogen-bond donors (Lipinski definition) is 1. The predicted molar refractivity (Wildman–Crippen MR) is 152 cm³/mol. The number of aliphatic carboxylic acids is 1. The van der Waals surface area contributed by atoms with Gasteiger partial charge in [-0.05, 0) is 61.4 Å². The molecule has 2 aromatic carbocycles. The fraction of sp³-hybridized carbons (Fsp3) is 0.344. The molecule has 7 nitrogen and oxygen atoms in total. The highest BCUT2D eigenvalue weighted by atomic mass is 35.5. The van der Waals surface area contributed by atoms with Gasteiger partial charge in [0, 0.05) is 51.9 Å². The van der Waals surface area contributed by atoms with E-state index in [9.17, 15) is 19.5 Å². The second kappa shape index (κ2) is 11.7. The highest BCUT2D eigenvalue weighted by molar-refractivity contribution is 6.30. The number of carbonyl (C=O) groups is 3. The first-order valence-electron chi connectivity index (χ1n) is 13.5. The third-order valence-corrected chi connectivity index (χ3v) is 7.96. The van der Waals surface area contributed by atoms with Crippen molar-refractivity contribution in [1.82, 2.24) is 4.90 Å². The van der Waals surface area contributed by atoms with E-state index in [-0.39, 0.29) is 24.7 Å². The fourth-order valence-electron chi connectivity index (χ4n) is 6.13. The van der Waals surface area contributed by atoms with Crippen molar-refractivity contribution in [2.45, 2.75) is 57.5 Å². The van der Waals surface area contributed by atoms with Crippen molar-refractivity contribution in [3.63, 3.8) is 0 Å². The van der Waals surface area contributed by atoms with Crippen LogP contribution in [0.4, 0.5) is 0 Å². The van der Waals surface area contributed by atoms with E-state index in [1.807, 2.05) is 30.3 Å². The highest BCUT2D eigenvalue weighted by Crippen LogP contribution is 2.50. The van der Waals surface area contributed by atoms with Crippen molar-refractivity contribution in [1.29, 1.82) is 0 Å². The zero-order chi connectivity index (χ0) is 28.4. The first kappa shape index (κ1) is 27.7. The number of carbonyl (C=O) groups excluding carboxylic acids is 2. The maximum atomic E-state index is 13.5. The van der Waals surface area contributed by atoms with Crippen LogP contribution >= 0.6 is 11.6 Å². The standard InChI is InChI=1S/C32H32ClNO6/c1-3-7-20-15-21(16-27(39-2)32(20)40-18-19-8-4-9-22(33)14-19)29-30-23(10-5-12-25(30)35)34(17-28(37)38)24-11-6-13-26(36)31(24)29/h3-4,8-9,14-16,29H,1,5-7,10-13,17-18H2,2H3,(H,37,38). The maximum Gasteiger partial charge on any atom is 0.323 e. The number of hydrogen-bond acceptors (Lipinski definition) is 6. The van der Waals surface area contributed by atoms with Gasteiger partial charge in [-0.1, -0.05) is 35.9 Å². The summed E-state index contributed by atoms with van der Waals surface area (Å²) in [6.45, 7) is 3.92. The van der Waals surface area contributed by atoms with Crippen LogP contribution in [0.5, 0.6) is 11.5 Å². The van der Waals surface area contributed by atoms with Crippen LogP contribution in [0, 0.1) is 0 Å². The largest absolute Gasteiger partial charge is 0.493 e. The first-order chi connectivity index (χ1) is 19.3. The minimum Gasteiger partial charge on any atom is -0.493 e. The van der Waals surface area contributed by atoms with Gasteiger partial charge in [-0.15, -0.1) is 6.58 Å². The number of Topliss-reactive ketones (excluding diaryl/α,β-unsaturated/α-hetero) is 2. The molecule has 2 aromatic rings. The van der Waals surface area contributed by atoms with E-state index in [2.05, 4.69) is 6.58 Å². The van der Waals surface area contributed by atoms with Crippen LogP contribution in [-0.4, -0.2) is 41.2 Å². The second-order valence-corrected chi connectivity index (χ2v) is 10.7. The van der Waals surface area contributed by atoms with E-state index in [4.69, 9.17) is 21.1 Å². The summed E-state index contributed by atoms with van der Waals surface area (Å²) in [5.41, 5.74) is 4.98. The zero-order valence-electron chi connectivity index (χ0n) is 22.5. The Morgan fingerprint density at radius 1 is 1.07 bits per heavy atom. The molecule has 1 N–H and O–H groups in total. The van der Waals surface area contributed by atoms with Gasteiger partial charge in [0.05, 0.1) is 7.11 Å². The highest BCUT2D eigenvalue weighted by Gasteiger charge is 2.44. The molecule has 2 aliphatic carbocycles. The lowest BCUT2D eigenvalue weighted by Gasteiger charge is -2.43. The Balaban J connectivity index is 1.65. The van der Waals surface area contributed by atoms with E-state index in [0.29, 0.717) is 72.6 Å². The molecule has 0 saturated heterocycles. The second-order valence-electron chi connectivity index (χ2n) is 10.3. The summed E-state index contributed by atoms with van der Waals surface area (Å²) in [5, 5.41) is 10.3. The summed E-state index contributed by atoms with van der Waals surface area (Å²) < 4.78 is 12.0. The molecule has 0 saturated carbocycles. The Labute approximate surface area is 238 Å². The molecule has 1 heterocycles. The molecule has 0 amide bonds. The lowest BCUT2D eigenvalue weighted by atomic mass is 9.70. The van der Waals surface area contributed by atoms with Crippen LogP contribution < -0.4 is 9.47 Å². The average molecular weight is 562 g/mol. The fourth-order valence-corrected chi connectivity index (χ4v) is 6.34. The van der Waals surface area contributed by atoms with Gasteiger partial charge in [-0.2, -0.15) is 0 Å². The monoisotopic (exact) mass is 561 g/mol. The van der Waals surface area contributed by atoms with Crippen LogP contribution in [0.1, 0.15) is 61.1 Å². The minimum absolute atomic E-state index is 0.0444. The van der Waals surface area contributed by atoms with Gasteiger partial charge < -0.3 is 19.5 Å².